The second kappa shape index (κ2) is 6.60. The first-order chi connectivity index (χ1) is 11.8. The fraction of sp³-hybridized carbons (Fsp3) is 0.353. The van der Waals surface area contributed by atoms with Crippen LogP contribution in [0.4, 0.5) is 11.1 Å². The number of para-hydroxylation sites is 1. The SMILES string of the molecule is O=c1[nH]c(NCCc2csc(N3CCCC3)n2)nc2ccccc12. The van der Waals surface area contributed by atoms with Crippen molar-refractivity contribution in [2.75, 3.05) is 29.9 Å². The number of thiazole rings is 1. The molecular formula is C17H19N5OS. The minimum atomic E-state index is -0.118. The Kier molecular flexibility index (Phi) is 4.17. The van der Waals surface area contributed by atoms with E-state index in [-0.39, 0.29) is 5.56 Å². The molecule has 1 aliphatic rings. The third-order valence-electron chi connectivity index (χ3n) is 4.20. The van der Waals surface area contributed by atoms with Gasteiger partial charge in [0.05, 0.1) is 16.6 Å². The summed E-state index contributed by atoms with van der Waals surface area (Å²) < 4.78 is 0. The molecule has 2 aromatic heterocycles. The summed E-state index contributed by atoms with van der Waals surface area (Å²) in [4.78, 5) is 26.3. The van der Waals surface area contributed by atoms with Gasteiger partial charge in [-0.3, -0.25) is 9.78 Å². The van der Waals surface area contributed by atoms with Crippen LogP contribution in [0.3, 0.4) is 0 Å². The third-order valence-corrected chi connectivity index (χ3v) is 5.15. The molecule has 24 heavy (non-hydrogen) atoms. The minimum absolute atomic E-state index is 0.118. The highest BCUT2D eigenvalue weighted by atomic mass is 32.1. The van der Waals surface area contributed by atoms with E-state index in [1.165, 1.54) is 12.8 Å². The van der Waals surface area contributed by atoms with E-state index in [1.807, 2.05) is 18.2 Å². The Bertz CT molecular complexity index is 897. The van der Waals surface area contributed by atoms with Crippen LogP contribution in [0, 0.1) is 0 Å². The monoisotopic (exact) mass is 341 g/mol. The van der Waals surface area contributed by atoms with Crippen molar-refractivity contribution in [3.63, 3.8) is 0 Å². The van der Waals surface area contributed by atoms with E-state index in [1.54, 1.807) is 17.4 Å². The average molecular weight is 341 g/mol. The van der Waals surface area contributed by atoms with Gasteiger partial charge in [0.25, 0.3) is 5.56 Å². The number of benzene rings is 1. The van der Waals surface area contributed by atoms with Crippen LogP contribution in [0.25, 0.3) is 10.9 Å². The van der Waals surface area contributed by atoms with Crippen LogP contribution >= 0.6 is 11.3 Å². The highest BCUT2D eigenvalue weighted by Crippen LogP contribution is 2.24. The Hall–Kier alpha value is -2.41. The van der Waals surface area contributed by atoms with E-state index < -0.39 is 0 Å². The van der Waals surface area contributed by atoms with Gasteiger partial charge in [-0.05, 0) is 25.0 Å². The predicted octanol–water partition coefficient (Wildman–Crippen LogP) is 2.63. The largest absolute Gasteiger partial charge is 0.355 e. The lowest BCUT2D eigenvalue weighted by Crippen LogP contribution is -2.17. The molecule has 0 amide bonds. The van der Waals surface area contributed by atoms with E-state index in [0.717, 1.165) is 30.3 Å². The Balaban J connectivity index is 1.39. The van der Waals surface area contributed by atoms with Crippen LogP contribution in [0.1, 0.15) is 18.5 Å². The summed E-state index contributed by atoms with van der Waals surface area (Å²) in [5.41, 5.74) is 1.67. The maximum absolute atomic E-state index is 12.0. The number of nitrogens with one attached hydrogen (secondary N) is 2. The molecule has 0 radical (unpaired) electrons. The molecule has 1 fully saturated rings. The summed E-state index contributed by atoms with van der Waals surface area (Å²) in [5, 5.41) is 7.04. The van der Waals surface area contributed by atoms with Crippen molar-refractivity contribution in [1.29, 1.82) is 0 Å². The van der Waals surface area contributed by atoms with Crippen LogP contribution in [0.2, 0.25) is 0 Å². The molecule has 0 aliphatic carbocycles. The molecule has 0 saturated carbocycles. The van der Waals surface area contributed by atoms with Gasteiger partial charge in [-0.25, -0.2) is 9.97 Å². The second-order valence-corrected chi connectivity index (χ2v) is 6.76. The van der Waals surface area contributed by atoms with Gasteiger partial charge in [0.15, 0.2) is 5.13 Å². The fourth-order valence-corrected chi connectivity index (χ4v) is 3.86. The smallest absolute Gasteiger partial charge is 0.260 e. The summed E-state index contributed by atoms with van der Waals surface area (Å²) in [6.07, 6.45) is 3.33. The number of H-pyrrole nitrogens is 1. The lowest BCUT2D eigenvalue weighted by molar-refractivity contribution is 0.919. The molecule has 1 aliphatic heterocycles. The number of fused-ring (bicyclic) bond motifs is 1. The summed E-state index contributed by atoms with van der Waals surface area (Å²) in [6.45, 7) is 2.92. The van der Waals surface area contributed by atoms with Gasteiger partial charge in [-0.15, -0.1) is 11.3 Å². The molecule has 4 rings (SSSR count). The molecule has 3 aromatic rings. The standard InChI is InChI=1S/C17H19N5OS/c23-15-13-5-1-2-6-14(13)20-16(21-15)18-8-7-12-11-24-17(19-12)22-9-3-4-10-22/h1-2,5-6,11H,3-4,7-10H2,(H2,18,20,21,23). The van der Waals surface area contributed by atoms with Gasteiger partial charge in [-0.1, -0.05) is 12.1 Å². The average Bonchev–Trinajstić information content (AvgIpc) is 3.26. The number of aromatic nitrogens is 3. The zero-order valence-corrected chi connectivity index (χ0v) is 14.1. The van der Waals surface area contributed by atoms with E-state index in [9.17, 15) is 4.79 Å². The van der Waals surface area contributed by atoms with Crippen molar-refractivity contribution in [3.05, 3.63) is 45.7 Å². The first-order valence-corrected chi connectivity index (χ1v) is 9.10. The van der Waals surface area contributed by atoms with Gasteiger partial charge >= 0.3 is 0 Å². The molecule has 6 nitrogen and oxygen atoms in total. The van der Waals surface area contributed by atoms with Crippen LogP contribution in [-0.4, -0.2) is 34.6 Å². The first-order valence-electron chi connectivity index (χ1n) is 8.22. The summed E-state index contributed by atoms with van der Waals surface area (Å²) in [6, 6.07) is 7.35. The molecule has 124 valence electrons. The molecule has 1 aromatic carbocycles. The number of hydrogen-bond acceptors (Lipinski definition) is 6. The van der Waals surface area contributed by atoms with Gasteiger partial charge in [0.1, 0.15) is 0 Å². The Morgan fingerprint density at radius 1 is 1.21 bits per heavy atom. The van der Waals surface area contributed by atoms with Crippen molar-refractivity contribution in [3.8, 4) is 0 Å². The second-order valence-electron chi connectivity index (χ2n) is 5.92. The molecule has 0 bridgehead atoms. The van der Waals surface area contributed by atoms with Crippen LogP contribution in [-0.2, 0) is 6.42 Å². The van der Waals surface area contributed by atoms with Crippen LogP contribution < -0.4 is 15.8 Å². The lowest BCUT2D eigenvalue weighted by Gasteiger charge is -2.12. The molecule has 0 atom stereocenters. The van der Waals surface area contributed by atoms with Crippen molar-refractivity contribution in [2.45, 2.75) is 19.3 Å². The zero-order chi connectivity index (χ0) is 16.4. The van der Waals surface area contributed by atoms with Crippen LogP contribution in [0.5, 0.6) is 0 Å². The molecule has 7 heteroatoms. The summed E-state index contributed by atoms with van der Waals surface area (Å²) >= 11 is 1.71. The maximum atomic E-state index is 12.0. The number of anilines is 2. The van der Waals surface area contributed by atoms with Crippen molar-refractivity contribution >= 4 is 33.3 Å². The molecule has 3 heterocycles. The molecule has 1 saturated heterocycles. The number of hydrogen-bond donors (Lipinski definition) is 2. The Morgan fingerprint density at radius 2 is 2.04 bits per heavy atom. The minimum Gasteiger partial charge on any atom is -0.355 e. The van der Waals surface area contributed by atoms with Crippen LogP contribution in [0.15, 0.2) is 34.4 Å². The number of nitrogens with zero attached hydrogens (tertiary/aromatic N) is 3. The van der Waals surface area contributed by atoms with Gasteiger partial charge < -0.3 is 10.2 Å². The van der Waals surface area contributed by atoms with Crippen molar-refractivity contribution < 1.29 is 0 Å². The van der Waals surface area contributed by atoms with E-state index in [2.05, 4.69) is 25.6 Å². The number of aromatic amines is 1. The van der Waals surface area contributed by atoms with Gasteiger partial charge in [0, 0.05) is 31.4 Å². The van der Waals surface area contributed by atoms with Crippen molar-refractivity contribution in [2.24, 2.45) is 0 Å². The lowest BCUT2D eigenvalue weighted by atomic mass is 10.2. The fourth-order valence-electron chi connectivity index (χ4n) is 2.94. The molecule has 0 spiro atoms. The Morgan fingerprint density at radius 3 is 2.92 bits per heavy atom. The predicted molar refractivity (Wildman–Crippen MR) is 98.1 cm³/mol. The topological polar surface area (TPSA) is 73.9 Å². The van der Waals surface area contributed by atoms with E-state index >= 15 is 0 Å². The highest BCUT2D eigenvalue weighted by molar-refractivity contribution is 7.13. The van der Waals surface area contributed by atoms with Crippen molar-refractivity contribution in [1.82, 2.24) is 15.0 Å². The van der Waals surface area contributed by atoms with Gasteiger partial charge in [0.2, 0.25) is 5.95 Å². The zero-order valence-electron chi connectivity index (χ0n) is 13.3. The maximum Gasteiger partial charge on any atom is 0.260 e. The number of rotatable bonds is 5. The van der Waals surface area contributed by atoms with E-state index in [4.69, 9.17) is 4.98 Å². The normalized spacial score (nSPS) is 14.4. The van der Waals surface area contributed by atoms with E-state index in [0.29, 0.717) is 23.4 Å². The molecule has 2 N–H and O–H groups in total. The highest BCUT2D eigenvalue weighted by Gasteiger charge is 2.15. The Labute approximate surface area is 143 Å². The molecular weight excluding hydrogens is 322 g/mol. The third kappa shape index (κ3) is 3.12. The van der Waals surface area contributed by atoms with Gasteiger partial charge in [-0.2, -0.15) is 0 Å². The molecule has 0 unspecified atom stereocenters. The quantitative estimate of drug-likeness (QED) is 0.746. The summed E-state index contributed by atoms with van der Waals surface area (Å²) in [7, 11) is 0. The first kappa shape index (κ1) is 15.1. The summed E-state index contributed by atoms with van der Waals surface area (Å²) in [5.74, 6) is 0.508.